The molecule has 1 aromatic carbocycles. The molecule has 25 heavy (non-hydrogen) atoms. The van der Waals surface area contributed by atoms with Gasteiger partial charge in [0.1, 0.15) is 0 Å². The number of halogens is 3. The van der Waals surface area contributed by atoms with Crippen LogP contribution in [0.15, 0.2) is 30.3 Å². The Morgan fingerprint density at radius 1 is 1.00 bits per heavy atom. The van der Waals surface area contributed by atoms with Crippen LogP contribution in [0.4, 0.5) is 13.2 Å². The minimum absolute atomic E-state index is 0.284. The summed E-state index contributed by atoms with van der Waals surface area (Å²) < 4.78 is 40.1. The van der Waals surface area contributed by atoms with Crippen molar-refractivity contribution in [1.29, 1.82) is 0 Å². The van der Waals surface area contributed by atoms with Crippen LogP contribution in [-0.2, 0) is 20.9 Å². The summed E-state index contributed by atoms with van der Waals surface area (Å²) in [5.41, 5.74) is 1.24. The summed E-state index contributed by atoms with van der Waals surface area (Å²) >= 11 is 0. The van der Waals surface area contributed by atoms with Crippen LogP contribution in [-0.4, -0.2) is 60.6 Å². The van der Waals surface area contributed by atoms with E-state index >= 15 is 0 Å². The van der Waals surface area contributed by atoms with Crippen molar-refractivity contribution in [3.8, 4) is 0 Å². The number of ether oxygens (including phenoxy) is 1. The van der Waals surface area contributed by atoms with Crippen LogP contribution in [0.25, 0.3) is 0 Å². The van der Waals surface area contributed by atoms with Crippen molar-refractivity contribution in [1.82, 2.24) is 9.80 Å². The Bertz CT molecular complexity index is 622. The maximum Gasteiger partial charge on any atom is 0.491 e. The lowest BCUT2D eigenvalue weighted by Crippen LogP contribution is -2.36. The van der Waals surface area contributed by atoms with Crippen molar-refractivity contribution < 1.29 is 27.5 Å². The Balaban J connectivity index is 1.44. The lowest BCUT2D eigenvalue weighted by atomic mass is 10.0. The van der Waals surface area contributed by atoms with Crippen molar-refractivity contribution in [2.24, 2.45) is 11.8 Å². The highest BCUT2D eigenvalue weighted by molar-refractivity contribution is 5.89. The number of esters is 2. The van der Waals surface area contributed by atoms with E-state index in [2.05, 4.69) is 21.8 Å². The molecule has 0 radical (unpaired) electrons. The SMILES string of the molecule is O=C(CN1C[C@@H]2CN(Cc3ccccc3)C[C@@H]2C1)OC(=O)C(F)(F)F. The minimum Gasteiger partial charge on any atom is -0.385 e. The fraction of sp³-hybridized carbons (Fsp3) is 0.529. The van der Waals surface area contributed by atoms with Crippen LogP contribution in [0, 0.1) is 11.8 Å². The summed E-state index contributed by atoms with van der Waals surface area (Å²) in [6.07, 6.45) is -5.14. The van der Waals surface area contributed by atoms with Gasteiger partial charge in [-0.2, -0.15) is 13.2 Å². The number of hydrogen-bond acceptors (Lipinski definition) is 5. The number of benzene rings is 1. The Morgan fingerprint density at radius 2 is 1.56 bits per heavy atom. The number of hydrogen-bond donors (Lipinski definition) is 0. The van der Waals surface area contributed by atoms with Crippen molar-refractivity contribution >= 4 is 11.9 Å². The average molecular weight is 356 g/mol. The van der Waals surface area contributed by atoms with Gasteiger partial charge in [-0.05, 0) is 17.4 Å². The first-order valence-corrected chi connectivity index (χ1v) is 8.11. The second-order valence-electron chi connectivity index (χ2n) is 6.65. The number of fused-ring (bicyclic) bond motifs is 1. The van der Waals surface area contributed by atoms with E-state index in [9.17, 15) is 22.8 Å². The van der Waals surface area contributed by atoms with Gasteiger partial charge in [0.05, 0.1) is 6.54 Å². The fourth-order valence-electron chi connectivity index (χ4n) is 3.66. The van der Waals surface area contributed by atoms with E-state index in [4.69, 9.17) is 0 Å². The number of carbonyl (C=O) groups excluding carboxylic acids is 2. The van der Waals surface area contributed by atoms with Crippen molar-refractivity contribution in [2.45, 2.75) is 12.7 Å². The molecule has 0 unspecified atom stereocenters. The third kappa shape index (κ3) is 4.58. The summed E-state index contributed by atoms with van der Waals surface area (Å²) in [5, 5.41) is 0. The van der Waals surface area contributed by atoms with Crippen LogP contribution in [0.1, 0.15) is 5.56 Å². The average Bonchev–Trinajstić information content (AvgIpc) is 3.04. The largest absolute Gasteiger partial charge is 0.491 e. The molecule has 3 rings (SSSR count). The maximum absolute atomic E-state index is 12.1. The molecule has 2 fully saturated rings. The van der Waals surface area contributed by atoms with Gasteiger partial charge in [0.15, 0.2) is 0 Å². The lowest BCUT2D eigenvalue weighted by molar-refractivity contribution is -0.202. The van der Waals surface area contributed by atoms with Crippen LogP contribution in [0.2, 0.25) is 0 Å². The van der Waals surface area contributed by atoms with E-state index in [0.29, 0.717) is 24.9 Å². The van der Waals surface area contributed by atoms with Crippen molar-refractivity contribution in [3.05, 3.63) is 35.9 Å². The molecule has 0 amide bonds. The topological polar surface area (TPSA) is 49.9 Å². The Labute approximate surface area is 143 Å². The molecule has 136 valence electrons. The molecule has 0 spiro atoms. The molecule has 1 aromatic rings. The molecule has 2 heterocycles. The van der Waals surface area contributed by atoms with Crippen LogP contribution in [0.5, 0.6) is 0 Å². The first-order chi connectivity index (χ1) is 11.8. The smallest absolute Gasteiger partial charge is 0.385 e. The Kier molecular flexibility index (Phi) is 5.10. The van der Waals surface area contributed by atoms with E-state index < -0.39 is 18.1 Å². The number of alkyl halides is 3. The normalized spacial score (nSPS) is 24.3. The van der Waals surface area contributed by atoms with E-state index in [0.717, 1.165) is 19.6 Å². The van der Waals surface area contributed by atoms with E-state index in [1.54, 1.807) is 4.90 Å². The molecule has 0 aromatic heterocycles. The first kappa shape index (κ1) is 17.9. The maximum atomic E-state index is 12.1. The van der Waals surface area contributed by atoms with Crippen molar-refractivity contribution in [3.63, 3.8) is 0 Å². The van der Waals surface area contributed by atoms with Gasteiger partial charge >= 0.3 is 18.1 Å². The van der Waals surface area contributed by atoms with Crippen LogP contribution >= 0.6 is 0 Å². The summed E-state index contributed by atoms with van der Waals surface area (Å²) in [5.74, 6) is -2.83. The van der Waals surface area contributed by atoms with E-state index in [1.165, 1.54) is 5.56 Å². The highest BCUT2D eigenvalue weighted by atomic mass is 19.4. The number of rotatable bonds is 4. The van der Waals surface area contributed by atoms with Gasteiger partial charge < -0.3 is 4.74 Å². The van der Waals surface area contributed by atoms with Crippen LogP contribution in [0.3, 0.4) is 0 Å². The zero-order valence-corrected chi connectivity index (χ0v) is 13.5. The predicted molar refractivity (Wildman–Crippen MR) is 82.3 cm³/mol. The number of carbonyl (C=O) groups is 2. The molecule has 8 heteroatoms. The van der Waals surface area contributed by atoms with E-state index in [1.807, 2.05) is 18.2 Å². The third-order valence-corrected chi connectivity index (χ3v) is 4.68. The quantitative estimate of drug-likeness (QED) is 0.607. The molecule has 0 N–H and O–H groups in total. The van der Waals surface area contributed by atoms with Gasteiger partial charge in [-0.15, -0.1) is 0 Å². The number of nitrogens with zero attached hydrogens (tertiary/aromatic N) is 2. The lowest BCUT2D eigenvalue weighted by Gasteiger charge is -2.20. The van der Waals surface area contributed by atoms with Gasteiger partial charge in [-0.1, -0.05) is 30.3 Å². The molecule has 5 nitrogen and oxygen atoms in total. The minimum atomic E-state index is -5.14. The Hall–Kier alpha value is -1.93. The summed E-state index contributed by atoms with van der Waals surface area (Å²) in [4.78, 5) is 26.3. The number of likely N-dealkylation sites (tertiary alicyclic amines) is 2. The van der Waals surface area contributed by atoms with Crippen LogP contribution < -0.4 is 0 Å². The van der Waals surface area contributed by atoms with E-state index in [-0.39, 0.29) is 6.54 Å². The monoisotopic (exact) mass is 356 g/mol. The summed E-state index contributed by atoms with van der Waals surface area (Å²) in [6, 6.07) is 10.1. The molecule has 0 bridgehead atoms. The molecule has 0 aliphatic carbocycles. The standard InChI is InChI=1S/C17H19F3N2O3/c18-17(19,20)16(24)25-15(23)11-22-9-13-7-21(8-14(13)10-22)6-12-4-2-1-3-5-12/h1-5,13-14H,6-11H2/t13-,14+. The second kappa shape index (κ2) is 7.13. The third-order valence-electron chi connectivity index (χ3n) is 4.68. The van der Waals surface area contributed by atoms with Gasteiger partial charge in [-0.25, -0.2) is 4.79 Å². The molecule has 2 saturated heterocycles. The van der Waals surface area contributed by atoms with Gasteiger partial charge in [0.25, 0.3) is 0 Å². The second-order valence-corrected chi connectivity index (χ2v) is 6.65. The summed E-state index contributed by atoms with van der Waals surface area (Å²) in [6.45, 7) is 3.64. The molecule has 0 saturated carbocycles. The fourth-order valence-corrected chi connectivity index (χ4v) is 3.66. The van der Waals surface area contributed by atoms with Gasteiger partial charge in [0.2, 0.25) is 0 Å². The molecular weight excluding hydrogens is 337 g/mol. The zero-order chi connectivity index (χ0) is 18.0. The Morgan fingerprint density at radius 3 is 2.12 bits per heavy atom. The predicted octanol–water partition coefficient (Wildman–Crippen LogP) is 1.68. The molecule has 2 atom stereocenters. The van der Waals surface area contributed by atoms with Gasteiger partial charge in [-0.3, -0.25) is 14.6 Å². The first-order valence-electron chi connectivity index (χ1n) is 8.11. The molecular formula is C17H19F3N2O3. The van der Waals surface area contributed by atoms with Crippen molar-refractivity contribution in [2.75, 3.05) is 32.7 Å². The summed E-state index contributed by atoms with van der Waals surface area (Å²) in [7, 11) is 0. The van der Waals surface area contributed by atoms with Gasteiger partial charge in [0, 0.05) is 32.7 Å². The molecule has 2 aliphatic rings. The zero-order valence-electron chi connectivity index (χ0n) is 13.5. The highest BCUT2D eigenvalue weighted by Crippen LogP contribution is 2.31. The highest BCUT2D eigenvalue weighted by Gasteiger charge is 2.44. The molecule has 2 aliphatic heterocycles.